The molecule has 22 heavy (non-hydrogen) atoms. The number of carbonyl (C=O) groups is 1. The fourth-order valence-electron chi connectivity index (χ4n) is 2.04. The summed E-state index contributed by atoms with van der Waals surface area (Å²) < 4.78 is 24.1. The van der Waals surface area contributed by atoms with Crippen LogP contribution in [0.25, 0.3) is 0 Å². The van der Waals surface area contributed by atoms with Gasteiger partial charge in [0.15, 0.2) is 9.84 Å². The highest BCUT2D eigenvalue weighted by molar-refractivity contribution is 7.91. The molecule has 118 valence electrons. The highest BCUT2D eigenvalue weighted by atomic mass is 32.2. The predicted molar refractivity (Wildman–Crippen MR) is 88.8 cm³/mol. The second-order valence-corrected chi connectivity index (χ2v) is 8.06. The zero-order valence-corrected chi connectivity index (χ0v) is 13.8. The van der Waals surface area contributed by atoms with Gasteiger partial charge in [0.25, 0.3) is 0 Å². The molecule has 0 atom stereocenters. The topological polar surface area (TPSA) is 63.2 Å². The van der Waals surface area contributed by atoms with Gasteiger partial charge in [-0.05, 0) is 36.4 Å². The Bertz CT molecular complexity index is 679. The largest absolute Gasteiger partial charge is 0.355 e. The Morgan fingerprint density at radius 2 is 1.86 bits per heavy atom. The van der Waals surface area contributed by atoms with E-state index in [9.17, 15) is 13.2 Å². The predicted octanol–water partition coefficient (Wildman–Crippen LogP) is 2.66. The van der Waals surface area contributed by atoms with Gasteiger partial charge in [0.1, 0.15) is 0 Å². The molecule has 0 spiro atoms. The molecule has 2 aromatic rings. The molecule has 0 bridgehead atoms. The molecular formula is C16H19NO3S2. The molecular weight excluding hydrogens is 318 g/mol. The summed E-state index contributed by atoms with van der Waals surface area (Å²) in [5, 5.41) is 4.69. The first kappa shape index (κ1) is 16.7. The van der Waals surface area contributed by atoms with Crippen LogP contribution in [-0.2, 0) is 21.1 Å². The summed E-state index contributed by atoms with van der Waals surface area (Å²) in [7, 11) is -3.32. The number of aryl methyl sites for hydroxylation is 1. The van der Waals surface area contributed by atoms with Crippen molar-refractivity contribution < 1.29 is 13.2 Å². The van der Waals surface area contributed by atoms with E-state index in [0.717, 1.165) is 12.8 Å². The van der Waals surface area contributed by atoms with Crippen molar-refractivity contribution in [2.75, 3.05) is 12.3 Å². The van der Waals surface area contributed by atoms with Gasteiger partial charge in [-0.2, -0.15) is 0 Å². The molecule has 1 aromatic carbocycles. The smallest absolute Gasteiger partial charge is 0.220 e. The Labute approximate surface area is 135 Å². The van der Waals surface area contributed by atoms with Crippen LogP contribution in [0.2, 0.25) is 0 Å². The minimum Gasteiger partial charge on any atom is -0.355 e. The highest BCUT2D eigenvalue weighted by Crippen LogP contribution is 2.12. The van der Waals surface area contributed by atoms with Crippen molar-refractivity contribution in [2.24, 2.45) is 0 Å². The number of rotatable bonds is 8. The van der Waals surface area contributed by atoms with Gasteiger partial charge in [0, 0.05) is 17.8 Å². The maximum absolute atomic E-state index is 12.0. The molecule has 0 radical (unpaired) electrons. The maximum Gasteiger partial charge on any atom is 0.220 e. The van der Waals surface area contributed by atoms with Crippen molar-refractivity contribution in [1.82, 2.24) is 5.32 Å². The first-order valence-electron chi connectivity index (χ1n) is 7.15. The maximum atomic E-state index is 12.0. The number of thiophene rings is 1. The SMILES string of the molecule is O=C(CCCc1cccs1)NCCS(=O)(=O)c1ccccc1. The summed E-state index contributed by atoms with van der Waals surface area (Å²) in [5.74, 6) is -0.173. The summed E-state index contributed by atoms with van der Waals surface area (Å²) in [6.45, 7) is 0.148. The lowest BCUT2D eigenvalue weighted by molar-refractivity contribution is -0.121. The van der Waals surface area contributed by atoms with Crippen molar-refractivity contribution >= 4 is 27.1 Å². The van der Waals surface area contributed by atoms with Gasteiger partial charge in [-0.1, -0.05) is 24.3 Å². The number of hydrogen-bond acceptors (Lipinski definition) is 4. The lowest BCUT2D eigenvalue weighted by atomic mass is 10.2. The molecule has 0 fully saturated rings. The number of sulfone groups is 1. The van der Waals surface area contributed by atoms with E-state index < -0.39 is 9.84 Å². The van der Waals surface area contributed by atoms with E-state index in [4.69, 9.17) is 0 Å². The molecule has 4 nitrogen and oxygen atoms in total. The average molecular weight is 337 g/mol. The van der Waals surface area contributed by atoms with Crippen LogP contribution in [0, 0.1) is 0 Å². The Kier molecular flexibility index (Phi) is 6.15. The van der Waals surface area contributed by atoms with Crippen molar-refractivity contribution in [2.45, 2.75) is 24.2 Å². The second kappa shape index (κ2) is 8.10. The molecule has 1 N–H and O–H groups in total. The molecule has 0 saturated heterocycles. The minimum absolute atomic E-state index is 0.0757. The number of amides is 1. The van der Waals surface area contributed by atoms with Crippen LogP contribution in [0.1, 0.15) is 17.7 Å². The first-order valence-corrected chi connectivity index (χ1v) is 9.68. The van der Waals surface area contributed by atoms with Gasteiger partial charge in [0.2, 0.25) is 5.91 Å². The molecule has 0 unspecified atom stereocenters. The fraction of sp³-hybridized carbons (Fsp3) is 0.312. The third kappa shape index (κ3) is 5.27. The van der Waals surface area contributed by atoms with Crippen LogP contribution in [0.3, 0.4) is 0 Å². The van der Waals surface area contributed by atoms with Gasteiger partial charge in [-0.3, -0.25) is 4.79 Å². The Hall–Kier alpha value is -1.66. The lowest BCUT2D eigenvalue weighted by Crippen LogP contribution is -2.29. The summed E-state index contributed by atoms with van der Waals surface area (Å²) in [5.41, 5.74) is 0. The third-order valence-electron chi connectivity index (χ3n) is 3.20. The average Bonchev–Trinajstić information content (AvgIpc) is 3.01. The van der Waals surface area contributed by atoms with E-state index in [1.165, 1.54) is 4.88 Å². The standard InChI is InChI=1S/C16H19NO3S2/c18-16(10-4-6-14-7-5-12-21-14)17-11-13-22(19,20)15-8-2-1-3-9-15/h1-3,5,7-9,12H,4,6,10-11,13H2,(H,17,18). The fourth-order valence-corrected chi connectivity index (χ4v) is 3.97. The quantitative estimate of drug-likeness (QED) is 0.805. The second-order valence-electron chi connectivity index (χ2n) is 4.91. The van der Waals surface area contributed by atoms with Crippen LogP contribution in [0.4, 0.5) is 0 Å². The molecule has 1 amide bonds. The highest BCUT2D eigenvalue weighted by Gasteiger charge is 2.13. The molecule has 2 rings (SSSR count). The van der Waals surface area contributed by atoms with Gasteiger partial charge >= 0.3 is 0 Å². The van der Waals surface area contributed by atoms with Crippen molar-refractivity contribution in [3.8, 4) is 0 Å². The van der Waals surface area contributed by atoms with Crippen LogP contribution < -0.4 is 5.32 Å². The number of nitrogens with one attached hydrogen (secondary N) is 1. The van der Waals surface area contributed by atoms with Crippen LogP contribution in [-0.4, -0.2) is 26.6 Å². The van der Waals surface area contributed by atoms with Gasteiger partial charge in [-0.25, -0.2) is 8.42 Å². The molecule has 1 aromatic heterocycles. The van der Waals surface area contributed by atoms with Crippen LogP contribution in [0.15, 0.2) is 52.7 Å². The zero-order chi connectivity index (χ0) is 15.8. The van der Waals surface area contributed by atoms with Crippen molar-refractivity contribution in [1.29, 1.82) is 0 Å². The molecule has 0 saturated carbocycles. The van der Waals surface area contributed by atoms with Crippen molar-refractivity contribution in [3.63, 3.8) is 0 Å². The number of carbonyl (C=O) groups excluding carboxylic acids is 1. The molecule has 0 aliphatic rings. The Morgan fingerprint density at radius 3 is 2.55 bits per heavy atom. The first-order chi connectivity index (χ1) is 10.6. The van der Waals surface area contributed by atoms with E-state index in [-0.39, 0.29) is 18.2 Å². The van der Waals surface area contributed by atoms with Crippen molar-refractivity contribution in [3.05, 3.63) is 52.7 Å². The third-order valence-corrected chi connectivity index (χ3v) is 5.87. The van der Waals surface area contributed by atoms with Gasteiger partial charge in [0.05, 0.1) is 10.6 Å². The summed E-state index contributed by atoms with van der Waals surface area (Å²) in [6.07, 6.45) is 2.08. The number of benzene rings is 1. The minimum atomic E-state index is -3.32. The van der Waals surface area contributed by atoms with Crippen LogP contribution in [0.5, 0.6) is 0 Å². The Balaban J connectivity index is 1.68. The van der Waals surface area contributed by atoms with E-state index in [2.05, 4.69) is 11.4 Å². The molecule has 1 heterocycles. The van der Waals surface area contributed by atoms with E-state index in [1.54, 1.807) is 41.7 Å². The molecule has 0 aliphatic carbocycles. The van der Waals surface area contributed by atoms with Gasteiger partial charge in [-0.15, -0.1) is 11.3 Å². The van der Waals surface area contributed by atoms with E-state index >= 15 is 0 Å². The van der Waals surface area contributed by atoms with E-state index in [0.29, 0.717) is 11.3 Å². The zero-order valence-electron chi connectivity index (χ0n) is 12.2. The summed E-state index contributed by atoms with van der Waals surface area (Å²) in [6, 6.07) is 12.3. The monoisotopic (exact) mass is 337 g/mol. The normalized spacial score (nSPS) is 11.3. The van der Waals surface area contributed by atoms with Crippen LogP contribution >= 0.6 is 11.3 Å². The molecule has 0 aliphatic heterocycles. The van der Waals surface area contributed by atoms with Gasteiger partial charge < -0.3 is 5.32 Å². The Morgan fingerprint density at radius 1 is 1.09 bits per heavy atom. The van der Waals surface area contributed by atoms with E-state index in [1.807, 2.05) is 11.4 Å². The molecule has 6 heteroatoms. The summed E-state index contributed by atoms with van der Waals surface area (Å²) in [4.78, 5) is 13.2. The number of hydrogen-bond donors (Lipinski definition) is 1. The summed E-state index contributed by atoms with van der Waals surface area (Å²) >= 11 is 1.68. The lowest BCUT2D eigenvalue weighted by Gasteiger charge is -2.06.